The van der Waals surface area contributed by atoms with Gasteiger partial charge >= 0.3 is 0 Å². The van der Waals surface area contributed by atoms with Crippen molar-refractivity contribution in [1.29, 1.82) is 0 Å². The zero-order valence-electron chi connectivity index (χ0n) is 8.27. The lowest BCUT2D eigenvalue weighted by atomic mass is 9.95. The highest BCUT2D eigenvalue weighted by atomic mass is 35.5. The van der Waals surface area contributed by atoms with Gasteiger partial charge in [-0.2, -0.15) is 0 Å². The van der Waals surface area contributed by atoms with Gasteiger partial charge < -0.3 is 5.73 Å². The Bertz CT molecular complexity index is 496. The van der Waals surface area contributed by atoms with E-state index < -0.39 is 9.84 Å². The number of hydrogen-bond donors (Lipinski definition) is 1. The second-order valence-corrected chi connectivity index (χ2v) is 6.31. The molecule has 1 aromatic rings. The lowest BCUT2D eigenvalue weighted by Crippen LogP contribution is -2.26. The molecule has 82 valence electrons. The number of halogens is 1. The molecule has 0 aromatic heterocycles. The largest absolute Gasteiger partial charge is 0.327 e. The first kappa shape index (κ1) is 10.9. The van der Waals surface area contributed by atoms with Crippen LogP contribution >= 0.6 is 11.6 Å². The summed E-state index contributed by atoms with van der Waals surface area (Å²) in [5.74, 6) is -0.109. The smallest absolute Gasteiger partial charge is 0.179 e. The minimum atomic E-state index is -3.19. The monoisotopic (exact) mass is 245 g/mol. The lowest BCUT2D eigenvalue weighted by molar-refractivity contribution is 0.584. The average Bonchev–Trinajstić information content (AvgIpc) is 2.40. The standard InChI is InChI=1S/C10H12ClNO2S/c1-6(12)7-5-15(13,14)9-4-2-3-8(11)10(7)9/h2-4,6-7H,5,12H2,1H3. The van der Waals surface area contributed by atoms with Gasteiger partial charge in [-0.15, -0.1) is 0 Å². The van der Waals surface area contributed by atoms with E-state index in [1.165, 1.54) is 0 Å². The Morgan fingerprint density at radius 3 is 2.80 bits per heavy atom. The molecule has 0 fully saturated rings. The van der Waals surface area contributed by atoms with Crippen LogP contribution in [-0.2, 0) is 9.84 Å². The molecule has 0 radical (unpaired) electrons. The molecule has 1 heterocycles. The summed E-state index contributed by atoms with van der Waals surface area (Å²) in [5, 5.41) is 0.496. The topological polar surface area (TPSA) is 60.2 Å². The molecule has 0 saturated heterocycles. The number of hydrogen-bond acceptors (Lipinski definition) is 3. The zero-order chi connectivity index (χ0) is 11.2. The van der Waals surface area contributed by atoms with Gasteiger partial charge in [0, 0.05) is 17.0 Å². The number of benzene rings is 1. The highest BCUT2D eigenvalue weighted by molar-refractivity contribution is 7.91. The van der Waals surface area contributed by atoms with Crippen LogP contribution in [0.15, 0.2) is 23.1 Å². The van der Waals surface area contributed by atoms with Crippen molar-refractivity contribution >= 4 is 21.4 Å². The molecular weight excluding hydrogens is 234 g/mol. The van der Waals surface area contributed by atoms with E-state index in [0.29, 0.717) is 15.5 Å². The Labute approximate surface area is 94.2 Å². The van der Waals surface area contributed by atoms with Gasteiger partial charge in [-0.05, 0) is 24.6 Å². The van der Waals surface area contributed by atoms with Gasteiger partial charge in [0.25, 0.3) is 0 Å². The predicted molar refractivity (Wildman–Crippen MR) is 59.9 cm³/mol. The van der Waals surface area contributed by atoms with Crippen molar-refractivity contribution in [2.75, 3.05) is 5.75 Å². The fourth-order valence-electron chi connectivity index (χ4n) is 1.97. The third kappa shape index (κ3) is 1.67. The Hall–Kier alpha value is -0.580. The van der Waals surface area contributed by atoms with Gasteiger partial charge in [0.2, 0.25) is 0 Å². The van der Waals surface area contributed by atoms with Gasteiger partial charge in [-0.1, -0.05) is 17.7 Å². The number of nitrogens with two attached hydrogens (primary N) is 1. The Kier molecular flexibility index (Phi) is 2.53. The highest BCUT2D eigenvalue weighted by Gasteiger charge is 2.37. The third-order valence-corrected chi connectivity index (χ3v) is 4.91. The third-order valence-electron chi connectivity index (χ3n) is 2.75. The summed E-state index contributed by atoms with van der Waals surface area (Å²) < 4.78 is 23.6. The van der Waals surface area contributed by atoms with Crippen LogP contribution in [0.3, 0.4) is 0 Å². The van der Waals surface area contributed by atoms with Gasteiger partial charge in [0.15, 0.2) is 9.84 Å². The van der Waals surface area contributed by atoms with E-state index >= 15 is 0 Å². The van der Waals surface area contributed by atoms with E-state index in [1.807, 2.05) is 0 Å². The van der Waals surface area contributed by atoms with Crippen LogP contribution in [0, 0.1) is 0 Å². The van der Waals surface area contributed by atoms with E-state index in [1.54, 1.807) is 25.1 Å². The normalized spacial score (nSPS) is 24.9. The van der Waals surface area contributed by atoms with E-state index in [9.17, 15) is 8.42 Å². The van der Waals surface area contributed by atoms with Crippen LogP contribution < -0.4 is 5.73 Å². The fourth-order valence-corrected chi connectivity index (χ4v) is 4.35. The molecule has 1 aliphatic rings. The highest BCUT2D eigenvalue weighted by Crippen LogP contribution is 2.40. The summed E-state index contributed by atoms with van der Waals surface area (Å²) in [7, 11) is -3.19. The molecule has 0 bridgehead atoms. The molecule has 2 N–H and O–H groups in total. The Morgan fingerprint density at radius 2 is 2.20 bits per heavy atom. The molecule has 0 saturated carbocycles. The molecule has 3 nitrogen and oxygen atoms in total. The SMILES string of the molecule is CC(N)C1CS(=O)(=O)c2cccc(Cl)c21. The molecule has 1 aromatic carbocycles. The maximum atomic E-state index is 11.8. The van der Waals surface area contributed by atoms with Crippen molar-refractivity contribution in [2.24, 2.45) is 5.73 Å². The number of fused-ring (bicyclic) bond motifs is 1. The molecule has 2 atom stereocenters. The Balaban J connectivity index is 2.69. The molecule has 1 aliphatic heterocycles. The van der Waals surface area contributed by atoms with Crippen LogP contribution in [0.1, 0.15) is 18.4 Å². The maximum absolute atomic E-state index is 11.8. The molecule has 0 amide bonds. The van der Waals surface area contributed by atoms with Crippen molar-refractivity contribution < 1.29 is 8.42 Å². The van der Waals surface area contributed by atoms with Crippen LogP contribution in [-0.4, -0.2) is 20.2 Å². The van der Waals surface area contributed by atoms with Crippen molar-refractivity contribution in [3.8, 4) is 0 Å². The summed E-state index contributed by atoms with van der Waals surface area (Å²) in [6, 6.07) is 4.75. The Morgan fingerprint density at radius 1 is 1.53 bits per heavy atom. The quantitative estimate of drug-likeness (QED) is 0.817. The first-order valence-corrected chi connectivity index (χ1v) is 6.73. The van der Waals surface area contributed by atoms with Crippen molar-refractivity contribution in [3.05, 3.63) is 28.8 Å². The molecule has 5 heteroatoms. The molecule has 15 heavy (non-hydrogen) atoms. The van der Waals surface area contributed by atoms with Crippen molar-refractivity contribution in [1.82, 2.24) is 0 Å². The molecule has 0 aliphatic carbocycles. The van der Waals surface area contributed by atoms with Crippen molar-refractivity contribution in [3.63, 3.8) is 0 Å². The van der Waals surface area contributed by atoms with E-state index in [0.717, 1.165) is 0 Å². The van der Waals surface area contributed by atoms with Crippen LogP contribution in [0.25, 0.3) is 0 Å². The maximum Gasteiger partial charge on any atom is 0.179 e. The summed E-state index contributed by atoms with van der Waals surface area (Å²) >= 11 is 6.02. The minimum Gasteiger partial charge on any atom is -0.327 e. The van der Waals surface area contributed by atoms with Crippen LogP contribution in [0.5, 0.6) is 0 Å². The van der Waals surface area contributed by atoms with E-state index in [2.05, 4.69) is 0 Å². The summed E-state index contributed by atoms with van der Waals surface area (Å²) in [4.78, 5) is 0.345. The first-order valence-electron chi connectivity index (χ1n) is 4.70. The molecule has 2 unspecified atom stereocenters. The minimum absolute atomic E-state index is 0.0731. The van der Waals surface area contributed by atoms with Gasteiger partial charge in [0.1, 0.15) is 0 Å². The molecular formula is C10H12ClNO2S. The zero-order valence-corrected chi connectivity index (χ0v) is 9.85. The summed E-state index contributed by atoms with van der Waals surface area (Å²) in [6.07, 6.45) is 0. The average molecular weight is 246 g/mol. The van der Waals surface area contributed by atoms with E-state index in [4.69, 9.17) is 17.3 Å². The van der Waals surface area contributed by atoms with Crippen LogP contribution in [0.2, 0.25) is 5.02 Å². The van der Waals surface area contributed by atoms with Gasteiger partial charge in [-0.3, -0.25) is 0 Å². The second kappa shape index (κ2) is 3.47. The van der Waals surface area contributed by atoms with Gasteiger partial charge in [-0.25, -0.2) is 8.42 Å². The van der Waals surface area contributed by atoms with Crippen molar-refractivity contribution in [2.45, 2.75) is 23.8 Å². The molecule has 2 rings (SSSR count). The summed E-state index contributed by atoms with van der Waals surface area (Å²) in [5.41, 5.74) is 6.47. The first-order chi connectivity index (χ1) is 6.93. The number of sulfone groups is 1. The number of rotatable bonds is 1. The lowest BCUT2D eigenvalue weighted by Gasteiger charge is -2.14. The van der Waals surface area contributed by atoms with Crippen LogP contribution in [0.4, 0.5) is 0 Å². The van der Waals surface area contributed by atoms with E-state index in [-0.39, 0.29) is 17.7 Å². The summed E-state index contributed by atoms with van der Waals surface area (Å²) in [6.45, 7) is 1.80. The predicted octanol–water partition coefficient (Wildman–Crippen LogP) is 1.56. The second-order valence-electron chi connectivity index (χ2n) is 3.90. The molecule has 0 spiro atoms. The fraction of sp³-hybridized carbons (Fsp3) is 0.400. The van der Waals surface area contributed by atoms with Gasteiger partial charge in [0.05, 0.1) is 10.6 Å².